The van der Waals surface area contributed by atoms with Gasteiger partial charge in [0, 0.05) is 17.9 Å². The van der Waals surface area contributed by atoms with Gasteiger partial charge in [0.1, 0.15) is 5.75 Å². The number of nitrogens with zero attached hydrogens (tertiary/aromatic N) is 1. The van der Waals surface area contributed by atoms with E-state index in [1.165, 1.54) is 45.6 Å². The second-order valence-corrected chi connectivity index (χ2v) is 10.3. The normalized spacial score (nSPS) is 30.0. The van der Waals surface area contributed by atoms with Gasteiger partial charge in [0.25, 0.3) is 0 Å². The van der Waals surface area contributed by atoms with Crippen molar-refractivity contribution in [2.75, 3.05) is 14.2 Å². The molecule has 6 rings (SSSR count). The maximum atomic E-state index is 13.0. The lowest BCUT2D eigenvalue weighted by atomic mass is 9.52. The van der Waals surface area contributed by atoms with Crippen LogP contribution in [0.5, 0.6) is 5.75 Å². The lowest BCUT2D eigenvalue weighted by molar-refractivity contribution is -0.274. The number of esters is 2. The van der Waals surface area contributed by atoms with Gasteiger partial charge in [-0.2, -0.15) is 0 Å². The number of hydrogen-bond acceptors (Lipinski definition) is 6. The van der Waals surface area contributed by atoms with Gasteiger partial charge in [-0.25, -0.2) is 9.59 Å². The average molecular weight is 492 g/mol. The molecule has 4 aliphatic carbocycles. The summed E-state index contributed by atoms with van der Waals surface area (Å²) in [6.07, 6.45) is 5.45. The molecular weight excluding hydrogens is 463 g/mol. The molecule has 1 aliphatic heterocycles. The summed E-state index contributed by atoms with van der Waals surface area (Å²) in [5.74, 6) is -0.510. The van der Waals surface area contributed by atoms with E-state index in [4.69, 9.17) is 9.47 Å². The van der Waals surface area contributed by atoms with Crippen molar-refractivity contribution >= 4 is 11.9 Å². The van der Waals surface area contributed by atoms with Crippen LogP contribution < -0.4 is 4.74 Å². The molecule has 0 spiro atoms. The van der Waals surface area contributed by atoms with Crippen LogP contribution in [-0.4, -0.2) is 43.0 Å². The van der Waals surface area contributed by atoms with Crippen molar-refractivity contribution in [3.63, 3.8) is 0 Å². The fourth-order valence-electron chi connectivity index (χ4n) is 7.11. The van der Waals surface area contributed by atoms with Gasteiger partial charge in [-0.3, -0.25) is 0 Å². The van der Waals surface area contributed by atoms with Gasteiger partial charge in [0.2, 0.25) is 0 Å². The minimum absolute atomic E-state index is 0.164. The number of alkyl halides is 3. The van der Waals surface area contributed by atoms with E-state index >= 15 is 0 Å². The summed E-state index contributed by atoms with van der Waals surface area (Å²) >= 11 is 0. The molecule has 0 unspecified atom stereocenters. The molecule has 9 heteroatoms. The molecule has 1 heterocycles. The van der Waals surface area contributed by atoms with E-state index in [0.717, 1.165) is 31.4 Å². The standard InChI is InChI=1S/C26H28F3NO5/c1-33-23(31)20-13-30(25-10-15-7-16(11-25)9-17(8-15)12-25)14-21(24(32)34-2)22(20)18-3-5-19(6-4-18)35-26(27,28)29/h3-6,13-17,22H,7-12H2,1-2H3. The number of ether oxygens (including phenoxy) is 3. The monoisotopic (exact) mass is 491 g/mol. The van der Waals surface area contributed by atoms with Crippen molar-refractivity contribution < 1.29 is 37.0 Å². The zero-order chi connectivity index (χ0) is 25.0. The lowest BCUT2D eigenvalue weighted by Crippen LogP contribution is -2.57. The van der Waals surface area contributed by atoms with Crippen LogP contribution in [-0.2, 0) is 19.1 Å². The summed E-state index contributed by atoms with van der Waals surface area (Å²) in [5, 5.41) is 0. The summed E-state index contributed by atoms with van der Waals surface area (Å²) in [6.45, 7) is 0. The van der Waals surface area contributed by atoms with Gasteiger partial charge in [-0.1, -0.05) is 12.1 Å². The van der Waals surface area contributed by atoms with Crippen LogP contribution >= 0.6 is 0 Å². The smallest absolute Gasteiger partial charge is 0.466 e. The molecule has 4 bridgehead atoms. The van der Waals surface area contributed by atoms with Crippen LogP contribution in [0, 0.1) is 17.8 Å². The van der Waals surface area contributed by atoms with Crippen LogP contribution in [0.4, 0.5) is 13.2 Å². The molecule has 188 valence electrons. The summed E-state index contributed by atoms with van der Waals surface area (Å²) in [4.78, 5) is 28.0. The molecule has 0 amide bonds. The highest BCUT2D eigenvalue weighted by atomic mass is 19.4. The van der Waals surface area contributed by atoms with E-state index in [-0.39, 0.29) is 22.4 Å². The number of carbonyl (C=O) groups excluding carboxylic acids is 2. The Hall–Kier alpha value is -2.97. The number of hydrogen-bond donors (Lipinski definition) is 0. The first-order valence-electron chi connectivity index (χ1n) is 11.8. The van der Waals surface area contributed by atoms with Crippen LogP contribution in [0.3, 0.4) is 0 Å². The molecule has 5 aliphatic rings. The second-order valence-electron chi connectivity index (χ2n) is 10.3. The van der Waals surface area contributed by atoms with Gasteiger partial charge in [0.05, 0.1) is 31.3 Å². The molecule has 0 radical (unpaired) electrons. The number of carbonyl (C=O) groups is 2. The zero-order valence-corrected chi connectivity index (χ0v) is 19.6. The molecule has 0 N–H and O–H groups in total. The molecule has 4 fully saturated rings. The molecule has 1 aromatic rings. The van der Waals surface area contributed by atoms with E-state index in [9.17, 15) is 22.8 Å². The Bertz CT molecular complexity index is 1010. The minimum Gasteiger partial charge on any atom is -0.466 e. The van der Waals surface area contributed by atoms with E-state index in [1.54, 1.807) is 12.4 Å². The largest absolute Gasteiger partial charge is 0.573 e. The van der Waals surface area contributed by atoms with Crippen LogP contribution in [0.25, 0.3) is 0 Å². The number of methoxy groups -OCH3 is 2. The van der Waals surface area contributed by atoms with Gasteiger partial charge in [0.15, 0.2) is 0 Å². The summed E-state index contributed by atoms with van der Waals surface area (Å²) in [7, 11) is 2.54. The molecule has 35 heavy (non-hydrogen) atoms. The number of rotatable bonds is 5. The SMILES string of the molecule is COC(=O)C1=CN(C23CC4CC(CC(C4)C2)C3)C=C(C(=O)OC)C1c1ccc(OC(F)(F)F)cc1. The van der Waals surface area contributed by atoms with Crippen molar-refractivity contribution in [2.45, 2.75) is 56.3 Å². The third-order valence-corrected chi connectivity index (χ3v) is 8.02. The van der Waals surface area contributed by atoms with E-state index in [1.807, 2.05) is 4.90 Å². The van der Waals surface area contributed by atoms with Gasteiger partial charge in [-0.15, -0.1) is 13.2 Å². The lowest BCUT2D eigenvalue weighted by Gasteiger charge is -2.60. The third-order valence-electron chi connectivity index (χ3n) is 8.02. The van der Waals surface area contributed by atoms with E-state index in [0.29, 0.717) is 23.3 Å². The molecule has 4 saturated carbocycles. The van der Waals surface area contributed by atoms with Gasteiger partial charge in [-0.05, 0) is 74.0 Å². The Labute approximate surface area is 201 Å². The summed E-state index contributed by atoms with van der Waals surface area (Å²) in [5.41, 5.74) is 0.784. The Morgan fingerprint density at radius 1 is 0.857 bits per heavy atom. The fourth-order valence-corrected chi connectivity index (χ4v) is 7.11. The van der Waals surface area contributed by atoms with E-state index < -0.39 is 24.2 Å². The van der Waals surface area contributed by atoms with Crippen molar-refractivity contribution in [3.05, 3.63) is 53.4 Å². The highest BCUT2D eigenvalue weighted by Gasteiger charge is 2.54. The minimum atomic E-state index is -4.82. The zero-order valence-electron chi connectivity index (χ0n) is 19.6. The van der Waals surface area contributed by atoms with Crippen molar-refractivity contribution in [3.8, 4) is 5.75 Å². The van der Waals surface area contributed by atoms with Crippen molar-refractivity contribution in [1.29, 1.82) is 0 Å². The Morgan fingerprint density at radius 2 is 1.31 bits per heavy atom. The highest BCUT2D eigenvalue weighted by Crippen LogP contribution is 2.59. The molecule has 0 atom stereocenters. The Kier molecular flexibility index (Phi) is 5.84. The molecular formula is C26H28F3NO5. The van der Waals surface area contributed by atoms with Crippen LogP contribution in [0.1, 0.15) is 50.0 Å². The summed E-state index contributed by atoms with van der Waals surface area (Å²) < 4.78 is 51.9. The maximum Gasteiger partial charge on any atom is 0.573 e. The molecule has 0 aromatic heterocycles. The Morgan fingerprint density at radius 3 is 1.71 bits per heavy atom. The molecule has 0 saturated heterocycles. The second kappa shape index (κ2) is 8.60. The first-order valence-corrected chi connectivity index (χ1v) is 11.8. The first kappa shape index (κ1) is 23.8. The highest BCUT2D eigenvalue weighted by molar-refractivity contribution is 5.98. The maximum absolute atomic E-state index is 13.0. The molecule has 6 nitrogen and oxygen atoms in total. The fraction of sp³-hybridized carbons (Fsp3) is 0.538. The predicted octanol–water partition coefficient (Wildman–Crippen LogP) is 5.07. The number of benzene rings is 1. The van der Waals surface area contributed by atoms with Gasteiger partial charge < -0.3 is 19.1 Å². The van der Waals surface area contributed by atoms with Crippen molar-refractivity contribution in [2.24, 2.45) is 17.8 Å². The van der Waals surface area contributed by atoms with Crippen LogP contribution in [0.15, 0.2) is 47.8 Å². The Balaban J connectivity index is 1.55. The summed E-state index contributed by atoms with van der Waals surface area (Å²) in [6, 6.07) is 5.16. The van der Waals surface area contributed by atoms with Crippen LogP contribution in [0.2, 0.25) is 0 Å². The predicted molar refractivity (Wildman–Crippen MR) is 119 cm³/mol. The topological polar surface area (TPSA) is 65.1 Å². The quantitative estimate of drug-likeness (QED) is 0.536. The van der Waals surface area contributed by atoms with Crippen molar-refractivity contribution in [1.82, 2.24) is 4.90 Å². The van der Waals surface area contributed by atoms with Gasteiger partial charge >= 0.3 is 18.3 Å². The van der Waals surface area contributed by atoms with E-state index in [2.05, 4.69) is 4.74 Å². The first-order chi connectivity index (χ1) is 16.6. The third kappa shape index (κ3) is 4.41. The average Bonchev–Trinajstić information content (AvgIpc) is 2.81. The molecule has 1 aromatic carbocycles. The number of halogens is 3.